The fraction of sp³-hybridized carbons (Fsp3) is 0.0909. The van der Waals surface area contributed by atoms with Crippen molar-refractivity contribution >= 4 is 56.2 Å². The lowest BCUT2D eigenvalue weighted by atomic mass is 10.2. The Kier molecular flexibility index (Phi) is 5.60. The van der Waals surface area contributed by atoms with Gasteiger partial charge in [0, 0.05) is 8.05 Å². The van der Waals surface area contributed by atoms with E-state index >= 15 is 0 Å². The van der Waals surface area contributed by atoms with Crippen LogP contribution in [-0.2, 0) is 0 Å². The van der Waals surface area contributed by atoms with Crippen molar-refractivity contribution in [3.8, 4) is 0 Å². The van der Waals surface area contributed by atoms with Crippen LogP contribution in [0.15, 0.2) is 29.3 Å². The molecular formula is C11H10BrIN2O3. The number of urea groups is 1. The van der Waals surface area contributed by atoms with E-state index in [4.69, 9.17) is 5.11 Å². The van der Waals surface area contributed by atoms with Crippen LogP contribution < -0.4 is 10.6 Å². The minimum atomic E-state index is -1.09. The number of carbonyl (C=O) groups is 2. The number of carboxylic acids is 1. The molecule has 0 saturated heterocycles. The molecule has 1 aromatic rings. The molecule has 0 aromatic heterocycles. The number of hydrogen-bond donors (Lipinski definition) is 3. The number of hydrogen-bond acceptors (Lipinski definition) is 2. The minimum Gasteiger partial charge on any atom is -0.478 e. The minimum absolute atomic E-state index is 0.0507. The number of carbonyl (C=O) groups excluding carboxylic acids is 1. The monoisotopic (exact) mass is 424 g/mol. The molecule has 0 bridgehead atoms. The summed E-state index contributed by atoms with van der Waals surface area (Å²) in [4.78, 5) is 22.5. The number of carboxylic acid groups (broad SMARTS) is 1. The van der Waals surface area contributed by atoms with Gasteiger partial charge in [0.05, 0.1) is 17.8 Å². The first-order valence-electron chi connectivity index (χ1n) is 4.81. The Morgan fingerprint density at radius 2 is 2.11 bits per heavy atom. The van der Waals surface area contributed by atoms with Gasteiger partial charge in [-0.3, -0.25) is 0 Å². The van der Waals surface area contributed by atoms with Crippen molar-refractivity contribution in [2.45, 2.75) is 0 Å². The van der Waals surface area contributed by atoms with E-state index in [0.29, 0.717) is 4.48 Å². The first kappa shape index (κ1) is 15.0. The summed E-state index contributed by atoms with van der Waals surface area (Å²) in [5.74, 6) is -1.09. The first-order valence-corrected chi connectivity index (χ1v) is 6.68. The van der Waals surface area contributed by atoms with Crippen molar-refractivity contribution in [3.05, 3.63) is 38.4 Å². The Morgan fingerprint density at radius 1 is 1.44 bits per heavy atom. The van der Waals surface area contributed by atoms with Gasteiger partial charge < -0.3 is 15.7 Å². The van der Waals surface area contributed by atoms with Crippen LogP contribution in [0.3, 0.4) is 0 Å². The average molecular weight is 425 g/mol. The predicted molar refractivity (Wildman–Crippen MR) is 81.2 cm³/mol. The molecule has 0 unspecified atom stereocenters. The van der Waals surface area contributed by atoms with E-state index in [-0.39, 0.29) is 17.8 Å². The summed E-state index contributed by atoms with van der Waals surface area (Å²) < 4.78 is 1.41. The molecule has 0 heterocycles. The van der Waals surface area contributed by atoms with Crippen molar-refractivity contribution in [1.29, 1.82) is 0 Å². The highest BCUT2D eigenvalue weighted by atomic mass is 127. The molecule has 0 aliphatic rings. The van der Waals surface area contributed by atoms with Gasteiger partial charge in [-0.25, -0.2) is 9.59 Å². The van der Waals surface area contributed by atoms with Crippen LogP contribution in [0.4, 0.5) is 10.5 Å². The number of anilines is 1. The SMILES string of the molecule is C=C(Br)CNC(=O)Nc1ccc(I)cc1C(=O)O. The van der Waals surface area contributed by atoms with Gasteiger partial charge >= 0.3 is 12.0 Å². The highest BCUT2D eigenvalue weighted by Gasteiger charge is 2.12. The third kappa shape index (κ3) is 4.65. The van der Waals surface area contributed by atoms with Crippen LogP contribution in [0.2, 0.25) is 0 Å². The Labute approximate surface area is 126 Å². The van der Waals surface area contributed by atoms with E-state index in [1.165, 1.54) is 6.07 Å². The van der Waals surface area contributed by atoms with Gasteiger partial charge in [-0.2, -0.15) is 0 Å². The maximum atomic E-state index is 11.5. The topological polar surface area (TPSA) is 78.4 Å². The largest absolute Gasteiger partial charge is 0.478 e. The summed E-state index contributed by atoms with van der Waals surface area (Å²) in [5, 5.41) is 14.0. The van der Waals surface area contributed by atoms with Crippen molar-refractivity contribution in [1.82, 2.24) is 5.32 Å². The second-order valence-corrected chi connectivity index (χ2v) is 5.69. The molecule has 7 heteroatoms. The van der Waals surface area contributed by atoms with Gasteiger partial charge in [0.1, 0.15) is 0 Å². The maximum absolute atomic E-state index is 11.5. The zero-order valence-electron chi connectivity index (χ0n) is 9.17. The molecule has 3 N–H and O–H groups in total. The second-order valence-electron chi connectivity index (χ2n) is 3.32. The Hall–Kier alpha value is -1.09. The van der Waals surface area contributed by atoms with Gasteiger partial charge in [-0.1, -0.05) is 22.5 Å². The van der Waals surface area contributed by atoms with E-state index in [1.807, 2.05) is 22.6 Å². The fourth-order valence-corrected chi connectivity index (χ4v) is 1.78. The third-order valence-corrected chi connectivity index (χ3v) is 2.85. The summed E-state index contributed by atoms with van der Waals surface area (Å²) in [7, 11) is 0. The van der Waals surface area contributed by atoms with Crippen LogP contribution in [0.1, 0.15) is 10.4 Å². The van der Waals surface area contributed by atoms with Gasteiger partial charge in [-0.05, 0) is 40.8 Å². The molecule has 0 fully saturated rings. The lowest BCUT2D eigenvalue weighted by molar-refractivity contribution is 0.0698. The average Bonchev–Trinajstić information content (AvgIpc) is 2.28. The standard InChI is InChI=1S/C11H10BrIN2O3/c1-6(12)5-14-11(18)15-9-3-2-7(13)4-8(9)10(16)17/h2-4H,1,5H2,(H,16,17)(H2,14,15,18). The summed E-state index contributed by atoms with van der Waals surface area (Å²) >= 11 is 5.11. The quantitative estimate of drug-likeness (QED) is 0.650. The second kappa shape index (κ2) is 6.74. The van der Waals surface area contributed by atoms with Crippen molar-refractivity contribution < 1.29 is 14.7 Å². The number of amides is 2. The fourth-order valence-electron chi connectivity index (χ4n) is 1.15. The van der Waals surface area contributed by atoms with E-state index < -0.39 is 12.0 Å². The zero-order chi connectivity index (χ0) is 13.7. The molecule has 0 radical (unpaired) electrons. The van der Waals surface area contributed by atoms with Gasteiger partial charge in [0.25, 0.3) is 0 Å². The number of nitrogens with one attached hydrogen (secondary N) is 2. The van der Waals surface area contributed by atoms with E-state index in [2.05, 4.69) is 33.1 Å². The third-order valence-electron chi connectivity index (χ3n) is 1.90. The van der Waals surface area contributed by atoms with Crippen LogP contribution in [0.5, 0.6) is 0 Å². The smallest absolute Gasteiger partial charge is 0.337 e. The van der Waals surface area contributed by atoms with Crippen LogP contribution in [-0.4, -0.2) is 23.7 Å². The van der Waals surface area contributed by atoms with E-state index in [9.17, 15) is 9.59 Å². The van der Waals surface area contributed by atoms with Gasteiger partial charge in [-0.15, -0.1) is 0 Å². The summed E-state index contributed by atoms with van der Waals surface area (Å²) in [6.07, 6.45) is 0. The number of halogens is 2. The van der Waals surface area contributed by atoms with Crippen LogP contribution in [0, 0.1) is 3.57 Å². The normalized spacial score (nSPS) is 9.67. The molecule has 0 saturated carbocycles. The Bertz CT molecular complexity index is 505. The van der Waals surface area contributed by atoms with Crippen LogP contribution in [0.25, 0.3) is 0 Å². The van der Waals surface area contributed by atoms with Gasteiger partial charge in [0.15, 0.2) is 0 Å². The zero-order valence-corrected chi connectivity index (χ0v) is 12.9. The number of aromatic carboxylic acids is 1. The molecule has 96 valence electrons. The predicted octanol–water partition coefficient (Wildman–Crippen LogP) is 3.02. The van der Waals surface area contributed by atoms with Crippen molar-refractivity contribution in [3.63, 3.8) is 0 Å². The molecule has 0 atom stereocenters. The molecule has 0 aliphatic carbocycles. The molecular weight excluding hydrogens is 415 g/mol. The maximum Gasteiger partial charge on any atom is 0.337 e. The highest BCUT2D eigenvalue weighted by molar-refractivity contribution is 14.1. The molecule has 1 aromatic carbocycles. The van der Waals surface area contributed by atoms with Crippen LogP contribution >= 0.6 is 38.5 Å². The summed E-state index contributed by atoms with van der Waals surface area (Å²) in [5.41, 5.74) is 0.301. The molecule has 1 rings (SSSR count). The van der Waals surface area contributed by atoms with Gasteiger partial charge in [0.2, 0.25) is 0 Å². The first-order chi connectivity index (χ1) is 8.40. The lowest BCUT2D eigenvalue weighted by Crippen LogP contribution is -2.30. The Morgan fingerprint density at radius 3 is 2.67 bits per heavy atom. The van der Waals surface area contributed by atoms with E-state index in [1.54, 1.807) is 12.1 Å². The molecule has 0 spiro atoms. The molecule has 2 amide bonds. The van der Waals surface area contributed by atoms with Crippen molar-refractivity contribution in [2.75, 3.05) is 11.9 Å². The van der Waals surface area contributed by atoms with Crippen molar-refractivity contribution in [2.24, 2.45) is 0 Å². The summed E-state index contributed by atoms with van der Waals surface area (Å²) in [6, 6.07) is 4.26. The summed E-state index contributed by atoms with van der Waals surface area (Å²) in [6.45, 7) is 3.83. The lowest BCUT2D eigenvalue weighted by Gasteiger charge is -2.09. The molecule has 5 nitrogen and oxygen atoms in total. The number of rotatable bonds is 4. The molecule has 0 aliphatic heterocycles. The molecule has 18 heavy (non-hydrogen) atoms. The Balaban J connectivity index is 2.81. The van der Waals surface area contributed by atoms with E-state index in [0.717, 1.165) is 3.57 Å². The number of benzene rings is 1. The highest BCUT2D eigenvalue weighted by Crippen LogP contribution is 2.18.